The van der Waals surface area contributed by atoms with Crippen LogP contribution in [0.3, 0.4) is 0 Å². The molecule has 0 aromatic heterocycles. The van der Waals surface area contributed by atoms with Crippen LogP contribution in [0.2, 0.25) is 0 Å². The predicted molar refractivity (Wildman–Crippen MR) is 66.0 cm³/mol. The van der Waals surface area contributed by atoms with E-state index in [0.29, 0.717) is 0 Å². The van der Waals surface area contributed by atoms with Crippen molar-refractivity contribution in [2.75, 3.05) is 39.8 Å². The van der Waals surface area contributed by atoms with Gasteiger partial charge in [-0.2, -0.15) is 5.26 Å². The zero-order valence-corrected chi connectivity index (χ0v) is 10.6. The number of nitrogens with two attached hydrogens (primary N) is 1. The largest absolute Gasteiger partial charge is 0.313 e. The van der Waals surface area contributed by atoms with Crippen LogP contribution in [-0.2, 0) is 0 Å². The Bertz CT molecular complexity index is 240. The minimum atomic E-state index is -0.605. The second-order valence-corrected chi connectivity index (χ2v) is 4.87. The molecule has 0 radical (unpaired) electrons. The zero-order valence-electron chi connectivity index (χ0n) is 10.6. The maximum absolute atomic E-state index is 8.96. The van der Waals surface area contributed by atoms with Gasteiger partial charge in [0.2, 0.25) is 0 Å². The zero-order chi connectivity index (χ0) is 12.0. The lowest BCUT2D eigenvalue weighted by Gasteiger charge is -2.32. The highest BCUT2D eigenvalue weighted by Gasteiger charge is 2.22. The molecule has 1 heterocycles. The van der Waals surface area contributed by atoms with Crippen molar-refractivity contribution in [1.29, 1.82) is 5.26 Å². The maximum Gasteiger partial charge on any atom is 0.104 e. The topological polar surface area (TPSA) is 56.3 Å². The van der Waals surface area contributed by atoms with Gasteiger partial charge in [0.1, 0.15) is 5.54 Å². The monoisotopic (exact) mass is 224 g/mol. The highest BCUT2D eigenvalue weighted by molar-refractivity contribution is 5.03. The van der Waals surface area contributed by atoms with Gasteiger partial charge in [-0.15, -0.1) is 0 Å². The highest BCUT2D eigenvalue weighted by atomic mass is 15.2. The lowest BCUT2D eigenvalue weighted by molar-refractivity contribution is 0.150. The van der Waals surface area contributed by atoms with Crippen LogP contribution in [0.4, 0.5) is 0 Å². The molecule has 1 unspecified atom stereocenters. The summed E-state index contributed by atoms with van der Waals surface area (Å²) in [6.45, 7) is 7.66. The van der Waals surface area contributed by atoms with E-state index in [9.17, 15) is 0 Å². The number of rotatable bonds is 5. The lowest BCUT2D eigenvalue weighted by atomic mass is 9.93. The Morgan fingerprint density at radius 1 is 1.31 bits per heavy atom. The van der Waals surface area contributed by atoms with Crippen LogP contribution in [-0.4, -0.2) is 55.1 Å². The first kappa shape index (κ1) is 13.4. The number of hydrogen-bond acceptors (Lipinski definition) is 4. The summed E-state index contributed by atoms with van der Waals surface area (Å²) in [5.74, 6) is 0. The summed E-state index contributed by atoms with van der Waals surface area (Å²) in [4.78, 5) is 4.82. The Kier molecular flexibility index (Phi) is 5.20. The molecule has 0 bridgehead atoms. The van der Waals surface area contributed by atoms with Gasteiger partial charge in [0.25, 0.3) is 0 Å². The third kappa shape index (κ3) is 4.09. The fraction of sp³-hybridized carbons (Fsp3) is 0.917. The van der Waals surface area contributed by atoms with Crippen molar-refractivity contribution in [2.24, 2.45) is 5.73 Å². The molecule has 0 aromatic carbocycles. The summed E-state index contributed by atoms with van der Waals surface area (Å²) < 4.78 is 0. The molecular formula is C12H24N4. The van der Waals surface area contributed by atoms with Crippen molar-refractivity contribution in [3.63, 3.8) is 0 Å². The van der Waals surface area contributed by atoms with Crippen LogP contribution < -0.4 is 5.73 Å². The highest BCUT2D eigenvalue weighted by Crippen LogP contribution is 2.13. The second-order valence-electron chi connectivity index (χ2n) is 4.87. The van der Waals surface area contributed by atoms with Crippen LogP contribution in [0.15, 0.2) is 0 Å². The van der Waals surface area contributed by atoms with E-state index in [4.69, 9.17) is 11.0 Å². The van der Waals surface area contributed by atoms with Gasteiger partial charge >= 0.3 is 0 Å². The quantitative estimate of drug-likeness (QED) is 0.745. The van der Waals surface area contributed by atoms with E-state index in [-0.39, 0.29) is 0 Å². The van der Waals surface area contributed by atoms with E-state index in [1.165, 1.54) is 0 Å². The summed E-state index contributed by atoms with van der Waals surface area (Å²) in [5.41, 5.74) is 5.34. The Labute approximate surface area is 99.0 Å². The third-order valence-electron chi connectivity index (χ3n) is 3.55. The number of nitrogens with zero attached hydrogens (tertiary/aromatic N) is 3. The Balaban J connectivity index is 2.18. The van der Waals surface area contributed by atoms with Crippen LogP contribution >= 0.6 is 0 Å². The van der Waals surface area contributed by atoms with Crippen LogP contribution in [0.1, 0.15) is 26.2 Å². The molecule has 1 aliphatic rings. The number of nitriles is 1. The van der Waals surface area contributed by atoms with Crippen molar-refractivity contribution in [3.05, 3.63) is 0 Å². The molecule has 0 saturated carbocycles. The smallest absolute Gasteiger partial charge is 0.104 e. The molecule has 1 fully saturated rings. The first-order chi connectivity index (χ1) is 7.59. The number of likely N-dealkylation sites (N-methyl/N-ethyl adjacent to an activating group) is 1. The lowest BCUT2D eigenvalue weighted by Crippen LogP contribution is -2.45. The fourth-order valence-electron chi connectivity index (χ4n) is 2.00. The van der Waals surface area contributed by atoms with Crippen LogP contribution in [0.5, 0.6) is 0 Å². The fourth-order valence-corrected chi connectivity index (χ4v) is 2.00. The summed E-state index contributed by atoms with van der Waals surface area (Å²) >= 11 is 0. The third-order valence-corrected chi connectivity index (χ3v) is 3.55. The predicted octanol–water partition coefficient (Wildman–Crippen LogP) is 0.645. The summed E-state index contributed by atoms with van der Waals surface area (Å²) in [6, 6.07) is 2.22. The summed E-state index contributed by atoms with van der Waals surface area (Å²) in [6.07, 6.45) is 2.58. The van der Waals surface area contributed by atoms with Gasteiger partial charge < -0.3 is 15.5 Å². The first-order valence-electron chi connectivity index (χ1n) is 6.20. The molecule has 16 heavy (non-hydrogen) atoms. The Morgan fingerprint density at radius 2 is 1.94 bits per heavy atom. The average Bonchev–Trinajstić information content (AvgIpc) is 2.31. The van der Waals surface area contributed by atoms with Gasteiger partial charge in [-0.25, -0.2) is 0 Å². The molecule has 2 N–H and O–H groups in total. The van der Waals surface area contributed by atoms with E-state index >= 15 is 0 Å². The molecule has 92 valence electrons. The summed E-state index contributed by atoms with van der Waals surface area (Å²) in [5, 5.41) is 8.96. The second kappa shape index (κ2) is 6.19. The van der Waals surface area contributed by atoms with Crippen LogP contribution in [0, 0.1) is 11.3 Å². The van der Waals surface area contributed by atoms with Gasteiger partial charge in [-0.05, 0) is 32.9 Å². The molecule has 0 aromatic rings. The van der Waals surface area contributed by atoms with E-state index < -0.39 is 5.54 Å². The van der Waals surface area contributed by atoms with Gasteiger partial charge in [0, 0.05) is 26.2 Å². The van der Waals surface area contributed by atoms with Crippen molar-refractivity contribution in [1.82, 2.24) is 9.80 Å². The van der Waals surface area contributed by atoms with Crippen molar-refractivity contribution >= 4 is 0 Å². The standard InChI is InChI=1S/C12H24N4/c1-3-12(14,11-13)5-4-6-16-9-7-15(2)8-10-16/h3-10,14H2,1-2H3. The minimum Gasteiger partial charge on any atom is -0.313 e. The maximum atomic E-state index is 8.96. The van der Waals surface area contributed by atoms with Crippen molar-refractivity contribution in [3.8, 4) is 6.07 Å². The average molecular weight is 224 g/mol. The number of piperazine rings is 1. The SMILES string of the molecule is CCC(N)(C#N)CCCN1CCN(C)CC1. The molecule has 1 aliphatic heterocycles. The van der Waals surface area contributed by atoms with Gasteiger partial charge in [0.05, 0.1) is 6.07 Å². The van der Waals surface area contributed by atoms with E-state index in [1.54, 1.807) is 0 Å². The van der Waals surface area contributed by atoms with E-state index in [2.05, 4.69) is 22.9 Å². The summed E-state index contributed by atoms with van der Waals surface area (Å²) in [7, 11) is 2.16. The Hall–Kier alpha value is -0.630. The van der Waals surface area contributed by atoms with Gasteiger partial charge in [0.15, 0.2) is 0 Å². The minimum absolute atomic E-state index is 0.605. The molecule has 4 nitrogen and oxygen atoms in total. The van der Waals surface area contributed by atoms with Gasteiger partial charge in [-0.3, -0.25) is 0 Å². The molecule has 1 rings (SSSR count). The first-order valence-corrected chi connectivity index (χ1v) is 6.20. The van der Waals surface area contributed by atoms with E-state index in [0.717, 1.165) is 52.0 Å². The number of hydrogen-bond donors (Lipinski definition) is 1. The van der Waals surface area contributed by atoms with Crippen molar-refractivity contribution < 1.29 is 0 Å². The van der Waals surface area contributed by atoms with Crippen LogP contribution in [0.25, 0.3) is 0 Å². The normalized spacial score (nSPS) is 22.6. The molecular weight excluding hydrogens is 200 g/mol. The Morgan fingerprint density at radius 3 is 2.44 bits per heavy atom. The molecule has 0 amide bonds. The molecule has 1 saturated heterocycles. The molecule has 0 aliphatic carbocycles. The molecule has 4 heteroatoms. The van der Waals surface area contributed by atoms with Crippen molar-refractivity contribution in [2.45, 2.75) is 31.7 Å². The van der Waals surface area contributed by atoms with E-state index in [1.807, 2.05) is 6.92 Å². The molecule has 1 atom stereocenters. The van der Waals surface area contributed by atoms with Gasteiger partial charge in [-0.1, -0.05) is 6.92 Å². The molecule has 0 spiro atoms.